The summed E-state index contributed by atoms with van der Waals surface area (Å²) in [6.45, 7) is 4.00. The van der Waals surface area contributed by atoms with Crippen molar-refractivity contribution in [3.05, 3.63) is 12.4 Å². The topological polar surface area (TPSA) is 47.0 Å². The van der Waals surface area contributed by atoms with E-state index in [1.54, 1.807) is 6.33 Å². The van der Waals surface area contributed by atoms with E-state index in [2.05, 4.69) is 15.3 Å². The van der Waals surface area contributed by atoms with Crippen LogP contribution >= 0.6 is 0 Å². The predicted octanol–water partition coefficient (Wildman–Crippen LogP) is 3.40. The van der Waals surface area contributed by atoms with E-state index in [1.807, 2.05) is 19.9 Å². The first-order valence-electron chi connectivity index (χ1n) is 6.99. The van der Waals surface area contributed by atoms with Gasteiger partial charge in [0.25, 0.3) is 0 Å². The lowest BCUT2D eigenvalue weighted by atomic mass is 10.1. The first kappa shape index (κ1) is 13.1. The van der Waals surface area contributed by atoms with Gasteiger partial charge in [0.15, 0.2) is 0 Å². The Morgan fingerprint density at radius 3 is 2.56 bits per heavy atom. The fourth-order valence-corrected chi connectivity index (χ4v) is 2.36. The van der Waals surface area contributed by atoms with Crippen molar-refractivity contribution >= 4 is 5.82 Å². The van der Waals surface area contributed by atoms with Crippen molar-refractivity contribution in [3.63, 3.8) is 0 Å². The highest BCUT2D eigenvalue weighted by molar-refractivity contribution is 5.38. The van der Waals surface area contributed by atoms with Crippen LogP contribution in [-0.4, -0.2) is 22.1 Å². The minimum Gasteiger partial charge on any atom is -0.475 e. The van der Waals surface area contributed by atoms with Gasteiger partial charge < -0.3 is 10.1 Å². The molecule has 1 saturated carbocycles. The van der Waals surface area contributed by atoms with E-state index in [-0.39, 0.29) is 6.10 Å². The van der Waals surface area contributed by atoms with Gasteiger partial charge in [0, 0.05) is 12.1 Å². The number of hydrogen-bond donors (Lipinski definition) is 1. The third-order valence-corrected chi connectivity index (χ3v) is 3.21. The minimum atomic E-state index is 0.144. The van der Waals surface area contributed by atoms with Crippen LogP contribution in [0.25, 0.3) is 0 Å². The summed E-state index contributed by atoms with van der Waals surface area (Å²) in [4.78, 5) is 8.39. The van der Waals surface area contributed by atoms with Crippen LogP contribution in [0.5, 0.6) is 5.88 Å². The van der Waals surface area contributed by atoms with Gasteiger partial charge in [0.1, 0.15) is 12.1 Å². The zero-order valence-electron chi connectivity index (χ0n) is 11.4. The summed E-state index contributed by atoms with van der Waals surface area (Å²) in [6, 6.07) is 2.44. The molecule has 0 bridgehead atoms. The van der Waals surface area contributed by atoms with E-state index in [0.29, 0.717) is 11.9 Å². The van der Waals surface area contributed by atoms with Crippen LogP contribution in [0.1, 0.15) is 52.4 Å². The van der Waals surface area contributed by atoms with Crippen molar-refractivity contribution < 1.29 is 4.74 Å². The Morgan fingerprint density at radius 1 is 1.17 bits per heavy atom. The maximum atomic E-state index is 5.58. The smallest absolute Gasteiger partial charge is 0.218 e. The number of rotatable bonds is 4. The number of anilines is 1. The third kappa shape index (κ3) is 4.17. The van der Waals surface area contributed by atoms with Crippen LogP contribution in [0.4, 0.5) is 5.82 Å². The summed E-state index contributed by atoms with van der Waals surface area (Å²) in [5, 5.41) is 3.50. The van der Waals surface area contributed by atoms with Crippen LogP contribution in [0.15, 0.2) is 12.4 Å². The molecule has 1 aliphatic carbocycles. The van der Waals surface area contributed by atoms with Crippen molar-refractivity contribution in [2.75, 3.05) is 5.32 Å². The van der Waals surface area contributed by atoms with Crippen LogP contribution < -0.4 is 10.1 Å². The molecular formula is C14H23N3O. The maximum Gasteiger partial charge on any atom is 0.218 e. The second-order valence-corrected chi connectivity index (χ2v) is 5.24. The van der Waals surface area contributed by atoms with Gasteiger partial charge in [-0.25, -0.2) is 9.97 Å². The van der Waals surface area contributed by atoms with E-state index >= 15 is 0 Å². The van der Waals surface area contributed by atoms with Gasteiger partial charge >= 0.3 is 0 Å². The van der Waals surface area contributed by atoms with Gasteiger partial charge in [-0.2, -0.15) is 0 Å². The van der Waals surface area contributed by atoms with Crippen molar-refractivity contribution in [1.82, 2.24) is 9.97 Å². The molecule has 0 atom stereocenters. The molecule has 1 heterocycles. The summed E-state index contributed by atoms with van der Waals surface area (Å²) in [7, 11) is 0. The first-order valence-corrected chi connectivity index (χ1v) is 6.99. The average molecular weight is 249 g/mol. The SMILES string of the molecule is CC(C)Oc1cc(NC2CCCCCC2)ncn1. The predicted molar refractivity (Wildman–Crippen MR) is 72.9 cm³/mol. The number of nitrogens with zero attached hydrogens (tertiary/aromatic N) is 2. The van der Waals surface area contributed by atoms with Gasteiger partial charge in [-0.15, -0.1) is 0 Å². The van der Waals surface area contributed by atoms with Crippen LogP contribution in [0.3, 0.4) is 0 Å². The molecule has 0 saturated heterocycles. The second-order valence-electron chi connectivity index (χ2n) is 5.24. The highest BCUT2D eigenvalue weighted by atomic mass is 16.5. The molecule has 18 heavy (non-hydrogen) atoms. The van der Waals surface area contributed by atoms with Gasteiger partial charge in [-0.1, -0.05) is 25.7 Å². The zero-order chi connectivity index (χ0) is 12.8. The summed E-state index contributed by atoms with van der Waals surface area (Å²) in [5.74, 6) is 1.53. The Bertz CT molecular complexity index is 360. The fourth-order valence-electron chi connectivity index (χ4n) is 2.36. The molecule has 1 N–H and O–H groups in total. The molecular weight excluding hydrogens is 226 g/mol. The van der Waals surface area contributed by atoms with Gasteiger partial charge in [-0.05, 0) is 26.7 Å². The van der Waals surface area contributed by atoms with E-state index in [4.69, 9.17) is 4.74 Å². The van der Waals surface area contributed by atoms with E-state index in [9.17, 15) is 0 Å². The monoisotopic (exact) mass is 249 g/mol. The molecule has 0 amide bonds. The van der Waals surface area contributed by atoms with Gasteiger partial charge in [0.05, 0.1) is 6.10 Å². The Kier molecular flexibility index (Phi) is 4.79. The lowest BCUT2D eigenvalue weighted by Crippen LogP contribution is -2.19. The molecule has 0 unspecified atom stereocenters. The number of aromatic nitrogens is 2. The molecule has 0 aliphatic heterocycles. The number of nitrogens with one attached hydrogen (secondary N) is 1. The standard InChI is InChI=1S/C14H23N3O/c1-11(2)18-14-9-13(15-10-16-14)17-12-7-5-3-4-6-8-12/h9-12H,3-8H2,1-2H3,(H,15,16,17). The molecule has 2 rings (SSSR count). The second kappa shape index (κ2) is 6.57. The molecule has 4 nitrogen and oxygen atoms in total. The van der Waals surface area contributed by atoms with E-state index in [1.165, 1.54) is 38.5 Å². The van der Waals surface area contributed by atoms with E-state index < -0.39 is 0 Å². The minimum absolute atomic E-state index is 0.144. The summed E-state index contributed by atoms with van der Waals surface area (Å²) in [6.07, 6.45) is 9.56. The zero-order valence-corrected chi connectivity index (χ0v) is 11.4. The van der Waals surface area contributed by atoms with Crippen molar-refractivity contribution in [3.8, 4) is 5.88 Å². The Morgan fingerprint density at radius 2 is 1.89 bits per heavy atom. The molecule has 0 aromatic carbocycles. The summed E-state index contributed by atoms with van der Waals surface area (Å²) in [5.41, 5.74) is 0. The number of hydrogen-bond acceptors (Lipinski definition) is 4. The largest absolute Gasteiger partial charge is 0.475 e. The van der Waals surface area contributed by atoms with Crippen molar-refractivity contribution in [2.45, 2.75) is 64.5 Å². The van der Waals surface area contributed by atoms with Crippen LogP contribution in [0, 0.1) is 0 Å². The van der Waals surface area contributed by atoms with Gasteiger partial charge in [-0.3, -0.25) is 0 Å². The Balaban J connectivity index is 1.95. The molecule has 4 heteroatoms. The van der Waals surface area contributed by atoms with E-state index in [0.717, 1.165) is 5.82 Å². The maximum absolute atomic E-state index is 5.58. The first-order chi connectivity index (χ1) is 8.74. The third-order valence-electron chi connectivity index (χ3n) is 3.21. The van der Waals surface area contributed by atoms with Crippen LogP contribution in [-0.2, 0) is 0 Å². The quantitative estimate of drug-likeness (QED) is 0.831. The highest BCUT2D eigenvalue weighted by Gasteiger charge is 2.12. The molecule has 0 spiro atoms. The molecule has 100 valence electrons. The Labute approximate surface area is 109 Å². The lowest BCUT2D eigenvalue weighted by molar-refractivity contribution is 0.232. The molecule has 1 aliphatic rings. The lowest BCUT2D eigenvalue weighted by Gasteiger charge is -2.17. The molecule has 1 aromatic rings. The molecule has 1 aromatic heterocycles. The summed E-state index contributed by atoms with van der Waals surface area (Å²) >= 11 is 0. The van der Waals surface area contributed by atoms with Crippen molar-refractivity contribution in [2.24, 2.45) is 0 Å². The summed E-state index contributed by atoms with van der Waals surface area (Å²) < 4.78 is 5.58. The van der Waals surface area contributed by atoms with Crippen LogP contribution in [0.2, 0.25) is 0 Å². The average Bonchev–Trinajstić information content (AvgIpc) is 2.57. The molecule has 1 fully saturated rings. The number of ether oxygens (including phenoxy) is 1. The van der Waals surface area contributed by atoms with Crippen molar-refractivity contribution in [1.29, 1.82) is 0 Å². The molecule has 0 radical (unpaired) electrons. The fraction of sp³-hybridized carbons (Fsp3) is 0.714. The normalized spacial score (nSPS) is 17.5. The Hall–Kier alpha value is -1.32. The highest BCUT2D eigenvalue weighted by Crippen LogP contribution is 2.21. The van der Waals surface area contributed by atoms with Gasteiger partial charge in [0.2, 0.25) is 5.88 Å².